The fourth-order valence-electron chi connectivity index (χ4n) is 2.63. The van der Waals surface area contributed by atoms with Crippen LogP contribution >= 0.6 is 0 Å². The van der Waals surface area contributed by atoms with Crippen LogP contribution in [0.3, 0.4) is 0 Å². The maximum absolute atomic E-state index is 5.48. The van der Waals surface area contributed by atoms with Crippen molar-refractivity contribution in [3.63, 3.8) is 0 Å². The Morgan fingerprint density at radius 3 is 2.73 bits per heavy atom. The molecule has 0 bridgehead atoms. The molecule has 0 saturated carbocycles. The molecule has 128 valence electrons. The van der Waals surface area contributed by atoms with Crippen LogP contribution in [0.25, 0.3) is 22.8 Å². The number of anilines is 1. The highest BCUT2D eigenvalue weighted by atomic mass is 16.5. The first-order chi connectivity index (χ1) is 12.8. The first-order valence-corrected chi connectivity index (χ1v) is 8.29. The van der Waals surface area contributed by atoms with Crippen molar-refractivity contribution in [2.45, 2.75) is 13.5 Å². The zero-order chi connectivity index (χ0) is 17.8. The van der Waals surface area contributed by atoms with Crippen LogP contribution in [0.1, 0.15) is 11.3 Å². The van der Waals surface area contributed by atoms with Crippen molar-refractivity contribution in [3.8, 4) is 22.8 Å². The third-order valence-electron chi connectivity index (χ3n) is 3.90. The average molecular weight is 343 g/mol. The second kappa shape index (κ2) is 7.14. The highest BCUT2D eigenvalue weighted by Gasteiger charge is 2.15. The molecule has 0 spiro atoms. The fraction of sp³-hybridized carbons (Fsp3) is 0.100. The molecular weight excluding hydrogens is 326 g/mol. The largest absolute Gasteiger partial charge is 0.364 e. The van der Waals surface area contributed by atoms with Crippen molar-refractivity contribution in [3.05, 3.63) is 78.2 Å². The lowest BCUT2D eigenvalue weighted by Gasteiger charge is -2.07. The van der Waals surface area contributed by atoms with Crippen LogP contribution in [0, 0.1) is 6.92 Å². The van der Waals surface area contributed by atoms with E-state index in [1.54, 1.807) is 12.4 Å². The van der Waals surface area contributed by atoms with Crippen molar-refractivity contribution in [1.82, 2.24) is 20.1 Å². The number of nitrogens with zero attached hydrogens (tertiary/aromatic N) is 4. The summed E-state index contributed by atoms with van der Waals surface area (Å²) in [4.78, 5) is 13.2. The molecule has 6 nitrogen and oxygen atoms in total. The van der Waals surface area contributed by atoms with Crippen molar-refractivity contribution in [1.29, 1.82) is 0 Å². The molecule has 3 aromatic heterocycles. The molecule has 0 fully saturated rings. The van der Waals surface area contributed by atoms with Crippen LogP contribution < -0.4 is 5.32 Å². The van der Waals surface area contributed by atoms with Gasteiger partial charge in [-0.1, -0.05) is 35.0 Å². The van der Waals surface area contributed by atoms with E-state index in [-0.39, 0.29) is 0 Å². The molecule has 6 heteroatoms. The molecule has 0 aliphatic rings. The van der Waals surface area contributed by atoms with E-state index in [0.717, 1.165) is 22.4 Å². The Morgan fingerprint density at radius 1 is 0.962 bits per heavy atom. The van der Waals surface area contributed by atoms with Gasteiger partial charge in [-0.25, -0.2) is 4.98 Å². The van der Waals surface area contributed by atoms with Gasteiger partial charge in [-0.3, -0.25) is 4.98 Å². The highest BCUT2D eigenvalue weighted by molar-refractivity contribution is 5.70. The lowest BCUT2D eigenvalue weighted by atomic mass is 10.1. The summed E-state index contributed by atoms with van der Waals surface area (Å²) in [6.45, 7) is 2.59. The van der Waals surface area contributed by atoms with Crippen LogP contribution in [-0.2, 0) is 6.54 Å². The summed E-state index contributed by atoms with van der Waals surface area (Å²) in [7, 11) is 0. The van der Waals surface area contributed by atoms with Crippen molar-refractivity contribution >= 4 is 5.82 Å². The lowest BCUT2D eigenvalue weighted by Crippen LogP contribution is -2.04. The van der Waals surface area contributed by atoms with Gasteiger partial charge >= 0.3 is 0 Å². The van der Waals surface area contributed by atoms with Gasteiger partial charge in [-0.2, -0.15) is 4.98 Å². The Morgan fingerprint density at radius 2 is 1.88 bits per heavy atom. The Kier molecular flexibility index (Phi) is 4.38. The lowest BCUT2D eigenvalue weighted by molar-refractivity contribution is 0.432. The van der Waals surface area contributed by atoms with E-state index in [4.69, 9.17) is 4.52 Å². The summed E-state index contributed by atoms with van der Waals surface area (Å²) in [5, 5.41) is 7.39. The number of rotatable bonds is 5. The van der Waals surface area contributed by atoms with Gasteiger partial charge in [0.15, 0.2) is 0 Å². The number of hydrogen-bond donors (Lipinski definition) is 1. The number of benzene rings is 1. The van der Waals surface area contributed by atoms with Gasteiger partial charge in [0.05, 0.1) is 17.8 Å². The minimum atomic E-state index is 0.429. The zero-order valence-electron chi connectivity index (χ0n) is 14.3. The molecule has 0 aliphatic heterocycles. The van der Waals surface area contributed by atoms with E-state index in [1.807, 2.05) is 61.5 Å². The van der Waals surface area contributed by atoms with Crippen LogP contribution in [0.5, 0.6) is 0 Å². The van der Waals surface area contributed by atoms with Crippen molar-refractivity contribution in [2.24, 2.45) is 0 Å². The first kappa shape index (κ1) is 16.0. The Balaban J connectivity index is 1.60. The summed E-state index contributed by atoms with van der Waals surface area (Å²) < 4.78 is 5.48. The quantitative estimate of drug-likeness (QED) is 0.587. The van der Waals surface area contributed by atoms with E-state index in [1.165, 1.54) is 0 Å². The molecule has 0 amide bonds. The summed E-state index contributed by atoms with van der Waals surface area (Å²) in [6, 6.07) is 17.5. The minimum Gasteiger partial charge on any atom is -0.364 e. The topological polar surface area (TPSA) is 76.7 Å². The monoisotopic (exact) mass is 343 g/mol. The summed E-state index contributed by atoms with van der Waals surface area (Å²) in [5.74, 6) is 1.67. The molecule has 3 heterocycles. The van der Waals surface area contributed by atoms with Gasteiger partial charge in [-0.15, -0.1) is 0 Å². The molecule has 0 radical (unpaired) electrons. The van der Waals surface area contributed by atoms with E-state index < -0.39 is 0 Å². The smallest absolute Gasteiger partial charge is 0.261 e. The van der Waals surface area contributed by atoms with Crippen molar-refractivity contribution in [2.75, 3.05) is 5.32 Å². The third-order valence-corrected chi connectivity index (χ3v) is 3.90. The van der Waals surface area contributed by atoms with Crippen LogP contribution in [0.15, 0.2) is 71.5 Å². The highest BCUT2D eigenvalue weighted by Crippen LogP contribution is 2.27. The number of aromatic nitrogens is 4. The second-order valence-electron chi connectivity index (χ2n) is 5.87. The number of pyridine rings is 2. The third kappa shape index (κ3) is 3.44. The minimum absolute atomic E-state index is 0.429. The SMILES string of the molecule is Cc1cccc(-c2noc(-c3cccnc3NCc3ccccn3)n2)c1. The summed E-state index contributed by atoms with van der Waals surface area (Å²) >= 11 is 0. The zero-order valence-corrected chi connectivity index (χ0v) is 14.3. The Labute approximate surface area is 151 Å². The molecule has 4 aromatic rings. The van der Waals surface area contributed by atoms with Crippen molar-refractivity contribution < 1.29 is 4.52 Å². The molecular formula is C20H17N5O. The molecule has 1 N–H and O–H groups in total. The predicted octanol–water partition coefficient (Wildman–Crippen LogP) is 4.11. The van der Waals surface area contributed by atoms with Gasteiger partial charge in [-0.05, 0) is 37.3 Å². The molecule has 0 saturated heterocycles. The van der Waals surface area contributed by atoms with Gasteiger partial charge in [0.2, 0.25) is 5.82 Å². The fourth-order valence-corrected chi connectivity index (χ4v) is 2.63. The van der Waals surface area contributed by atoms with Gasteiger partial charge in [0.1, 0.15) is 5.82 Å². The average Bonchev–Trinajstić information content (AvgIpc) is 3.17. The molecule has 26 heavy (non-hydrogen) atoms. The Bertz CT molecular complexity index is 1010. The normalized spacial score (nSPS) is 10.7. The maximum Gasteiger partial charge on any atom is 0.261 e. The molecule has 4 rings (SSSR count). The van der Waals surface area contributed by atoms with Gasteiger partial charge in [0.25, 0.3) is 5.89 Å². The first-order valence-electron chi connectivity index (χ1n) is 8.29. The Hall–Kier alpha value is -3.54. The molecule has 0 atom stereocenters. The molecule has 0 aliphatic carbocycles. The van der Waals surface area contributed by atoms with E-state index in [2.05, 4.69) is 25.4 Å². The van der Waals surface area contributed by atoms with E-state index in [0.29, 0.717) is 24.1 Å². The van der Waals surface area contributed by atoms with E-state index >= 15 is 0 Å². The number of aryl methyl sites for hydroxylation is 1. The van der Waals surface area contributed by atoms with Crippen LogP contribution in [-0.4, -0.2) is 20.1 Å². The number of nitrogens with one attached hydrogen (secondary N) is 1. The van der Waals surface area contributed by atoms with Gasteiger partial charge in [0, 0.05) is 18.0 Å². The van der Waals surface area contributed by atoms with E-state index in [9.17, 15) is 0 Å². The predicted molar refractivity (Wildman–Crippen MR) is 99.3 cm³/mol. The standard InChI is InChI=1S/C20H17N5O/c1-14-6-4-7-15(12-14)18-24-20(26-25-18)17-9-5-11-22-19(17)23-13-16-8-2-3-10-21-16/h2-12H,13H2,1H3,(H,22,23). The second-order valence-corrected chi connectivity index (χ2v) is 5.87. The summed E-state index contributed by atoms with van der Waals surface area (Å²) in [6.07, 6.45) is 3.49. The maximum atomic E-state index is 5.48. The van der Waals surface area contributed by atoms with Crippen LogP contribution in [0.4, 0.5) is 5.82 Å². The summed E-state index contributed by atoms with van der Waals surface area (Å²) in [5.41, 5.74) is 3.75. The van der Waals surface area contributed by atoms with Gasteiger partial charge < -0.3 is 9.84 Å². The molecule has 0 unspecified atom stereocenters. The number of hydrogen-bond acceptors (Lipinski definition) is 6. The van der Waals surface area contributed by atoms with Crippen LogP contribution in [0.2, 0.25) is 0 Å². The molecule has 1 aromatic carbocycles.